The number of thioether (sulfide) groups is 1. The number of aromatic amines is 1. The molecule has 0 spiro atoms. The number of hydrogen-bond donors (Lipinski definition) is 2. The molecule has 7 heteroatoms. The number of carbonyl (C=O) groups is 1. The van der Waals surface area contributed by atoms with Crippen LogP contribution in [0.15, 0.2) is 88.4 Å². The molecule has 0 fully saturated rings. The Morgan fingerprint density at radius 2 is 1.85 bits per heavy atom. The number of fused-ring (bicyclic) bond motifs is 1. The number of carboxylic acid groups (broad SMARTS) is 1. The molecule has 0 radical (unpaired) electrons. The summed E-state index contributed by atoms with van der Waals surface area (Å²) in [5.41, 5.74) is 4.85. The maximum absolute atomic E-state index is 11.2. The van der Waals surface area contributed by atoms with Crippen molar-refractivity contribution in [3.8, 4) is 28.4 Å². The minimum atomic E-state index is -0.960. The van der Waals surface area contributed by atoms with E-state index in [0.717, 1.165) is 38.6 Å². The van der Waals surface area contributed by atoms with Gasteiger partial charge in [-0.25, -0.2) is 9.78 Å². The first-order valence-electron chi connectivity index (χ1n) is 10.3. The van der Waals surface area contributed by atoms with Gasteiger partial charge in [0.2, 0.25) is 0 Å². The Morgan fingerprint density at radius 3 is 2.61 bits per heavy atom. The van der Waals surface area contributed by atoms with Gasteiger partial charge in [-0.05, 0) is 42.5 Å². The molecule has 6 nitrogen and oxygen atoms in total. The van der Waals surface area contributed by atoms with Gasteiger partial charge >= 0.3 is 5.97 Å². The summed E-state index contributed by atoms with van der Waals surface area (Å²) in [6.45, 7) is 0. The maximum Gasteiger partial charge on any atom is 0.335 e. The van der Waals surface area contributed by atoms with Crippen molar-refractivity contribution in [1.29, 1.82) is 0 Å². The Hall–Kier alpha value is -3.97. The van der Waals surface area contributed by atoms with Crippen LogP contribution in [0.3, 0.4) is 0 Å². The van der Waals surface area contributed by atoms with E-state index in [0.29, 0.717) is 17.3 Å². The number of benzene rings is 3. The molecule has 0 unspecified atom stereocenters. The minimum Gasteiger partial charge on any atom is -0.497 e. The van der Waals surface area contributed by atoms with Gasteiger partial charge in [0.15, 0.2) is 5.16 Å². The van der Waals surface area contributed by atoms with Gasteiger partial charge in [-0.15, -0.1) is 0 Å². The zero-order valence-corrected chi connectivity index (χ0v) is 18.6. The third-order valence-electron chi connectivity index (χ3n) is 5.29. The Labute approximate surface area is 194 Å². The number of nitrogens with zero attached hydrogens (tertiary/aromatic N) is 1. The summed E-state index contributed by atoms with van der Waals surface area (Å²) in [6, 6.07) is 24.3. The van der Waals surface area contributed by atoms with Crippen LogP contribution in [0.1, 0.15) is 15.9 Å². The lowest BCUT2D eigenvalue weighted by atomic mass is 10.1. The van der Waals surface area contributed by atoms with Gasteiger partial charge < -0.3 is 19.2 Å². The molecule has 0 atom stereocenters. The van der Waals surface area contributed by atoms with Crippen LogP contribution in [0.4, 0.5) is 0 Å². The summed E-state index contributed by atoms with van der Waals surface area (Å²) in [5.74, 6) is 1.83. The van der Waals surface area contributed by atoms with Crippen molar-refractivity contribution in [3.63, 3.8) is 0 Å². The van der Waals surface area contributed by atoms with Gasteiger partial charge in [0.1, 0.15) is 17.3 Å². The summed E-state index contributed by atoms with van der Waals surface area (Å²) >= 11 is 1.59. The number of furan rings is 1. The smallest absolute Gasteiger partial charge is 0.335 e. The number of nitrogens with one attached hydrogen (secondary N) is 1. The predicted molar refractivity (Wildman–Crippen MR) is 129 cm³/mol. The topological polar surface area (TPSA) is 88.3 Å². The molecule has 0 bridgehead atoms. The SMILES string of the molecule is COc1cccc(-c2cc(CSc3nc4ccccc4[nH]3)c(-c3ccc(C(=O)O)cc3)o2)c1. The molecule has 3 aromatic carbocycles. The number of para-hydroxylation sites is 2. The molecule has 0 aliphatic rings. The van der Waals surface area contributed by atoms with Gasteiger partial charge in [-0.1, -0.05) is 48.2 Å². The highest BCUT2D eigenvalue weighted by Crippen LogP contribution is 2.37. The van der Waals surface area contributed by atoms with Gasteiger partial charge in [-0.2, -0.15) is 0 Å². The second-order valence-electron chi connectivity index (χ2n) is 7.43. The number of H-pyrrole nitrogens is 1. The van der Waals surface area contributed by atoms with Crippen LogP contribution < -0.4 is 4.74 Å². The van der Waals surface area contributed by atoms with Crippen LogP contribution in [-0.4, -0.2) is 28.2 Å². The summed E-state index contributed by atoms with van der Waals surface area (Å²) in [6.07, 6.45) is 0. The van der Waals surface area contributed by atoms with Gasteiger partial charge in [0.05, 0.1) is 23.7 Å². The van der Waals surface area contributed by atoms with Crippen molar-refractivity contribution in [1.82, 2.24) is 9.97 Å². The Morgan fingerprint density at radius 1 is 1.03 bits per heavy atom. The molecule has 2 heterocycles. The van der Waals surface area contributed by atoms with E-state index >= 15 is 0 Å². The lowest BCUT2D eigenvalue weighted by molar-refractivity contribution is 0.0697. The summed E-state index contributed by atoms with van der Waals surface area (Å²) in [4.78, 5) is 19.2. The monoisotopic (exact) mass is 456 g/mol. The van der Waals surface area contributed by atoms with Crippen molar-refractivity contribution in [2.75, 3.05) is 7.11 Å². The molecule has 0 amide bonds. The van der Waals surface area contributed by atoms with Gasteiger partial charge in [-0.3, -0.25) is 0 Å². The fourth-order valence-corrected chi connectivity index (χ4v) is 4.46. The molecule has 5 rings (SSSR count). The van der Waals surface area contributed by atoms with Crippen LogP contribution >= 0.6 is 11.8 Å². The van der Waals surface area contributed by atoms with Crippen molar-refractivity contribution in [3.05, 3.63) is 90.0 Å². The van der Waals surface area contributed by atoms with Gasteiger partial charge in [0, 0.05) is 22.4 Å². The predicted octanol–water partition coefficient (Wildman–Crippen LogP) is 6.49. The normalized spacial score (nSPS) is 11.1. The van der Waals surface area contributed by atoms with Crippen LogP contribution in [0.25, 0.3) is 33.7 Å². The first-order chi connectivity index (χ1) is 16.1. The molecule has 2 N–H and O–H groups in total. The molecule has 2 aromatic heterocycles. The van der Waals surface area contributed by atoms with E-state index in [1.165, 1.54) is 0 Å². The lowest BCUT2D eigenvalue weighted by Gasteiger charge is -2.03. The van der Waals surface area contributed by atoms with Crippen molar-refractivity contribution in [2.24, 2.45) is 0 Å². The number of aromatic nitrogens is 2. The van der Waals surface area contributed by atoms with E-state index in [4.69, 9.17) is 9.15 Å². The number of imidazole rings is 1. The lowest BCUT2D eigenvalue weighted by Crippen LogP contribution is -1.95. The molecule has 33 heavy (non-hydrogen) atoms. The second-order valence-corrected chi connectivity index (χ2v) is 8.39. The largest absolute Gasteiger partial charge is 0.497 e. The van der Waals surface area contributed by atoms with E-state index in [1.54, 1.807) is 43.1 Å². The van der Waals surface area contributed by atoms with Gasteiger partial charge in [0.25, 0.3) is 0 Å². The van der Waals surface area contributed by atoms with Crippen LogP contribution in [0.2, 0.25) is 0 Å². The number of carboxylic acids is 1. The quantitative estimate of drug-likeness (QED) is 0.272. The first-order valence-corrected chi connectivity index (χ1v) is 11.3. The number of aromatic carboxylic acids is 1. The summed E-state index contributed by atoms with van der Waals surface area (Å²) in [5, 5.41) is 10.1. The Kier molecular flexibility index (Phi) is 5.62. The third-order valence-corrected chi connectivity index (χ3v) is 6.21. The van der Waals surface area contributed by atoms with E-state index in [2.05, 4.69) is 9.97 Å². The highest BCUT2D eigenvalue weighted by atomic mass is 32.2. The molecule has 5 aromatic rings. The average Bonchev–Trinajstić information content (AvgIpc) is 3.47. The standard InChI is InChI=1S/C26H20N2O4S/c1-31-20-6-4-5-18(13-20)23-14-19(15-33-26-27-21-7-2-3-8-22(21)28-26)24(32-23)16-9-11-17(12-10-16)25(29)30/h2-14H,15H2,1H3,(H,27,28)(H,29,30). The molecule has 0 saturated heterocycles. The second kappa shape index (κ2) is 8.88. The van der Waals surface area contributed by atoms with Crippen molar-refractivity contribution in [2.45, 2.75) is 10.9 Å². The highest BCUT2D eigenvalue weighted by molar-refractivity contribution is 7.98. The van der Waals surface area contributed by atoms with Crippen LogP contribution in [0.5, 0.6) is 5.75 Å². The van der Waals surface area contributed by atoms with E-state index < -0.39 is 5.97 Å². The molecule has 0 saturated carbocycles. The molecule has 164 valence electrons. The van der Waals surface area contributed by atoms with E-state index in [9.17, 15) is 9.90 Å². The van der Waals surface area contributed by atoms with Crippen molar-refractivity contribution < 1.29 is 19.1 Å². The van der Waals surface area contributed by atoms with Crippen molar-refractivity contribution >= 4 is 28.8 Å². The Bertz CT molecular complexity index is 1400. The van der Waals surface area contributed by atoms with E-state index in [1.807, 2.05) is 54.6 Å². The molecule has 0 aliphatic heterocycles. The number of methoxy groups -OCH3 is 1. The average molecular weight is 457 g/mol. The highest BCUT2D eigenvalue weighted by Gasteiger charge is 2.17. The molecular formula is C26H20N2O4S. The fourth-order valence-electron chi connectivity index (χ4n) is 3.61. The fraction of sp³-hybridized carbons (Fsp3) is 0.0769. The number of hydrogen-bond acceptors (Lipinski definition) is 5. The van der Waals surface area contributed by atoms with Crippen LogP contribution in [-0.2, 0) is 5.75 Å². The minimum absolute atomic E-state index is 0.233. The molecular weight excluding hydrogens is 436 g/mol. The first kappa shape index (κ1) is 20.9. The summed E-state index contributed by atoms with van der Waals surface area (Å²) < 4.78 is 11.6. The number of rotatable bonds is 7. The van der Waals surface area contributed by atoms with Crippen LogP contribution in [0, 0.1) is 0 Å². The van der Waals surface area contributed by atoms with E-state index in [-0.39, 0.29) is 5.56 Å². The molecule has 0 aliphatic carbocycles. The Balaban J connectivity index is 1.50. The maximum atomic E-state index is 11.2. The zero-order valence-electron chi connectivity index (χ0n) is 17.7. The zero-order chi connectivity index (χ0) is 22.8. The third kappa shape index (κ3) is 4.36. The summed E-state index contributed by atoms with van der Waals surface area (Å²) in [7, 11) is 1.63. The number of ether oxygens (including phenoxy) is 1.